The van der Waals surface area contributed by atoms with Crippen molar-refractivity contribution in [1.82, 2.24) is 21.3 Å². The second-order valence-corrected chi connectivity index (χ2v) is 5.99. The summed E-state index contributed by atoms with van der Waals surface area (Å²) < 4.78 is 0. The van der Waals surface area contributed by atoms with Crippen LogP contribution < -0.4 is 21.3 Å². The van der Waals surface area contributed by atoms with E-state index in [1.807, 2.05) is 0 Å². The first-order chi connectivity index (χ1) is 12.8. The molecule has 0 aliphatic carbocycles. The SMILES string of the molecule is CCC(=O)[C@H](CCCCNC(=O)CCC(=O)O)NC(=O)CNC(=O)CNC. The number of unbranched alkanes of at least 4 members (excludes halogenated alkanes) is 1. The lowest BCUT2D eigenvalue weighted by Gasteiger charge is -2.17. The molecule has 0 aliphatic rings. The van der Waals surface area contributed by atoms with Crippen LogP contribution in [0.4, 0.5) is 0 Å². The van der Waals surface area contributed by atoms with Gasteiger partial charge in [0, 0.05) is 19.4 Å². The minimum absolute atomic E-state index is 0.0678. The predicted octanol–water partition coefficient (Wildman–Crippen LogP) is -1.06. The lowest BCUT2D eigenvalue weighted by molar-refractivity contribution is -0.138. The first-order valence-electron chi connectivity index (χ1n) is 9.02. The van der Waals surface area contributed by atoms with Crippen LogP contribution >= 0.6 is 0 Å². The van der Waals surface area contributed by atoms with E-state index in [0.717, 1.165) is 0 Å². The van der Waals surface area contributed by atoms with E-state index in [4.69, 9.17) is 5.11 Å². The van der Waals surface area contributed by atoms with Gasteiger partial charge in [-0.15, -0.1) is 0 Å². The Kier molecular flexibility index (Phi) is 13.3. The number of carboxylic acids is 1. The molecule has 10 nitrogen and oxygen atoms in total. The third kappa shape index (κ3) is 13.4. The minimum Gasteiger partial charge on any atom is -0.481 e. The molecule has 0 spiro atoms. The summed E-state index contributed by atoms with van der Waals surface area (Å²) in [6.07, 6.45) is 1.62. The highest BCUT2D eigenvalue weighted by molar-refractivity contribution is 5.91. The van der Waals surface area contributed by atoms with E-state index < -0.39 is 17.9 Å². The van der Waals surface area contributed by atoms with Crippen LogP contribution in [0.5, 0.6) is 0 Å². The van der Waals surface area contributed by atoms with Crippen molar-refractivity contribution in [3.63, 3.8) is 0 Å². The van der Waals surface area contributed by atoms with Crippen molar-refractivity contribution in [2.45, 2.75) is 51.5 Å². The molecular formula is C17H30N4O6. The molecule has 0 aliphatic heterocycles. The van der Waals surface area contributed by atoms with Crippen LogP contribution in [0.25, 0.3) is 0 Å². The molecule has 0 heterocycles. The summed E-state index contributed by atoms with van der Waals surface area (Å²) in [4.78, 5) is 56.9. The second-order valence-electron chi connectivity index (χ2n) is 5.99. The molecule has 10 heteroatoms. The number of likely N-dealkylation sites (N-methyl/N-ethyl adjacent to an activating group) is 1. The molecule has 0 saturated heterocycles. The Hall–Kier alpha value is -2.49. The highest BCUT2D eigenvalue weighted by Crippen LogP contribution is 2.04. The molecule has 27 heavy (non-hydrogen) atoms. The minimum atomic E-state index is -1.02. The van der Waals surface area contributed by atoms with Crippen molar-refractivity contribution in [3.8, 4) is 0 Å². The highest BCUT2D eigenvalue weighted by atomic mass is 16.4. The van der Waals surface area contributed by atoms with Gasteiger partial charge in [0.15, 0.2) is 5.78 Å². The zero-order valence-corrected chi connectivity index (χ0v) is 15.9. The normalized spacial score (nSPS) is 11.3. The predicted molar refractivity (Wildman–Crippen MR) is 97.9 cm³/mol. The van der Waals surface area contributed by atoms with Crippen LogP contribution in [-0.4, -0.2) is 67.3 Å². The molecule has 5 N–H and O–H groups in total. The van der Waals surface area contributed by atoms with Crippen molar-refractivity contribution in [2.75, 3.05) is 26.7 Å². The van der Waals surface area contributed by atoms with Gasteiger partial charge in [-0.25, -0.2) is 0 Å². The molecule has 0 saturated carbocycles. The van der Waals surface area contributed by atoms with Crippen LogP contribution in [-0.2, 0) is 24.0 Å². The molecular weight excluding hydrogens is 356 g/mol. The van der Waals surface area contributed by atoms with Gasteiger partial charge in [-0.1, -0.05) is 6.92 Å². The third-order valence-electron chi connectivity index (χ3n) is 3.66. The van der Waals surface area contributed by atoms with Gasteiger partial charge in [-0.3, -0.25) is 24.0 Å². The van der Waals surface area contributed by atoms with Crippen molar-refractivity contribution in [3.05, 3.63) is 0 Å². The molecule has 0 unspecified atom stereocenters. The molecule has 0 fully saturated rings. The summed E-state index contributed by atoms with van der Waals surface area (Å²) in [5.74, 6) is -2.21. The lowest BCUT2D eigenvalue weighted by atomic mass is 10.0. The maximum absolute atomic E-state index is 12.0. The topological polar surface area (TPSA) is 154 Å². The lowest BCUT2D eigenvalue weighted by Crippen LogP contribution is -2.46. The van der Waals surface area contributed by atoms with Gasteiger partial charge in [0.1, 0.15) is 0 Å². The molecule has 0 radical (unpaired) electrons. The van der Waals surface area contributed by atoms with Gasteiger partial charge in [0.25, 0.3) is 0 Å². The summed E-state index contributed by atoms with van der Waals surface area (Å²) in [5, 5.41) is 18.8. The monoisotopic (exact) mass is 386 g/mol. The van der Waals surface area contributed by atoms with E-state index in [9.17, 15) is 24.0 Å². The zero-order chi connectivity index (χ0) is 20.7. The molecule has 1 atom stereocenters. The van der Waals surface area contributed by atoms with Crippen LogP contribution in [0.3, 0.4) is 0 Å². The first-order valence-corrected chi connectivity index (χ1v) is 9.02. The number of aliphatic carboxylic acids is 1. The van der Waals surface area contributed by atoms with Crippen LogP contribution in [0.2, 0.25) is 0 Å². The van der Waals surface area contributed by atoms with Gasteiger partial charge in [-0.05, 0) is 26.3 Å². The van der Waals surface area contributed by atoms with Crippen molar-refractivity contribution >= 4 is 29.5 Å². The molecule has 0 bridgehead atoms. The maximum atomic E-state index is 12.0. The van der Waals surface area contributed by atoms with E-state index in [-0.39, 0.29) is 49.9 Å². The average molecular weight is 386 g/mol. The summed E-state index contributed by atoms with van der Waals surface area (Å²) in [7, 11) is 1.62. The zero-order valence-electron chi connectivity index (χ0n) is 15.9. The maximum Gasteiger partial charge on any atom is 0.303 e. The summed E-state index contributed by atoms with van der Waals surface area (Å²) in [6, 6.07) is -0.633. The largest absolute Gasteiger partial charge is 0.481 e. The smallest absolute Gasteiger partial charge is 0.303 e. The Morgan fingerprint density at radius 2 is 1.59 bits per heavy atom. The van der Waals surface area contributed by atoms with Gasteiger partial charge in [0.05, 0.1) is 25.6 Å². The Labute approximate surface area is 158 Å². The number of amides is 3. The third-order valence-corrected chi connectivity index (χ3v) is 3.66. The van der Waals surface area contributed by atoms with Crippen LogP contribution in [0.1, 0.15) is 45.4 Å². The number of carboxylic acid groups (broad SMARTS) is 1. The average Bonchev–Trinajstić information content (AvgIpc) is 2.63. The number of Topliss-reactive ketones (excluding diaryl/α,β-unsaturated/α-hetero) is 1. The summed E-state index contributed by atoms with van der Waals surface area (Å²) in [6.45, 7) is 1.98. The van der Waals surface area contributed by atoms with Gasteiger partial charge < -0.3 is 26.4 Å². The fourth-order valence-corrected chi connectivity index (χ4v) is 2.22. The quantitative estimate of drug-likeness (QED) is 0.225. The fourth-order valence-electron chi connectivity index (χ4n) is 2.22. The Balaban J connectivity index is 4.15. The molecule has 0 aromatic rings. The Morgan fingerprint density at radius 3 is 2.19 bits per heavy atom. The number of ketones is 1. The van der Waals surface area contributed by atoms with Gasteiger partial charge in [-0.2, -0.15) is 0 Å². The number of rotatable bonds is 15. The van der Waals surface area contributed by atoms with E-state index in [2.05, 4.69) is 21.3 Å². The Bertz CT molecular complexity index is 524. The summed E-state index contributed by atoms with van der Waals surface area (Å²) >= 11 is 0. The van der Waals surface area contributed by atoms with E-state index in [1.165, 1.54) is 0 Å². The summed E-state index contributed by atoms with van der Waals surface area (Å²) in [5.41, 5.74) is 0. The van der Waals surface area contributed by atoms with Crippen LogP contribution in [0, 0.1) is 0 Å². The number of hydrogen-bond acceptors (Lipinski definition) is 6. The standard InChI is InChI=1S/C17H30N4O6/c1-3-13(22)12(21-16(25)11-20-15(24)10-18-2)6-4-5-9-19-14(23)7-8-17(26)27/h12,18H,3-11H2,1-2H3,(H,19,23)(H,20,24)(H,21,25)(H,26,27)/t12-/m0/s1. The number of nitrogens with one attached hydrogen (secondary N) is 4. The molecule has 0 aromatic heterocycles. The first kappa shape index (κ1) is 24.5. The van der Waals surface area contributed by atoms with Crippen LogP contribution in [0.15, 0.2) is 0 Å². The highest BCUT2D eigenvalue weighted by Gasteiger charge is 2.19. The van der Waals surface area contributed by atoms with Gasteiger partial charge in [0.2, 0.25) is 17.7 Å². The number of hydrogen-bond donors (Lipinski definition) is 5. The molecule has 0 rings (SSSR count). The van der Waals surface area contributed by atoms with Crippen molar-refractivity contribution < 1.29 is 29.1 Å². The van der Waals surface area contributed by atoms with Crippen molar-refractivity contribution in [2.24, 2.45) is 0 Å². The molecule has 3 amide bonds. The van der Waals surface area contributed by atoms with E-state index in [1.54, 1.807) is 14.0 Å². The molecule has 154 valence electrons. The fraction of sp³-hybridized carbons (Fsp3) is 0.706. The number of carbonyl (C=O) groups is 5. The second kappa shape index (κ2) is 14.7. The number of carbonyl (C=O) groups excluding carboxylic acids is 4. The van der Waals surface area contributed by atoms with E-state index in [0.29, 0.717) is 25.8 Å². The van der Waals surface area contributed by atoms with Gasteiger partial charge >= 0.3 is 5.97 Å². The van der Waals surface area contributed by atoms with Crippen molar-refractivity contribution in [1.29, 1.82) is 0 Å². The Morgan fingerprint density at radius 1 is 0.889 bits per heavy atom. The van der Waals surface area contributed by atoms with E-state index >= 15 is 0 Å². The molecule has 0 aromatic carbocycles.